The van der Waals surface area contributed by atoms with Crippen LogP contribution in [0.25, 0.3) is 0 Å². The van der Waals surface area contributed by atoms with Gasteiger partial charge in [-0.25, -0.2) is 4.98 Å². The van der Waals surface area contributed by atoms with Gasteiger partial charge in [-0.1, -0.05) is 0 Å². The first-order chi connectivity index (χ1) is 7.15. The lowest BCUT2D eigenvalue weighted by atomic mass is 10.5. The Hall–Kier alpha value is -1.69. The highest BCUT2D eigenvalue weighted by Gasteiger charge is 2.01. The fourth-order valence-electron chi connectivity index (χ4n) is 1.19. The lowest BCUT2D eigenvalue weighted by Crippen LogP contribution is -2.11. The molecule has 2 heterocycles. The Morgan fingerprint density at radius 3 is 3.07 bits per heavy atom. The molecule has 0 atom stereocenters. The van der Waals surface area contributed by atoms with Crippen molar-refractivity contribution in [1.82, 2.24) is 14.5 Å². The Balaban J connectivity index is 2.32. The third-order valence-electron chi connectivity index (χ3n) is 1.87. The molecule has 2 rings (SSSR count). The Labute approximate surface area is 90.4 Å². The molecule has 0 amide bonds. The van der Waals surface area contributed by atoms with E-state index in [1.165, 1.54) is 6.07 Å². The maximum absolute atomic E-state index is 10.9. The first-order valence-corrected chi connectivity index (χ1v) is 4.77. The number of aromatic nitrogens is 3. The summed E-state index contributed by atoms with van der Waals surface area (Å²) < 4.78 is 7.34. The van der Waals surface area contributed by atoms with E-state index in [-0.39, 0.29) is 5.56 Å². The van der Waals surface area contributed by atoms with Gasteiger partial charge in [0.2, 0.25) is 5.89 Å². The first kappa shape index (κ1) is 9.85. The summed E-state index contributed by atoms with van der Waals surface area (Å²) in [5.74, 6) is 1.32. The highest BCUT2D eigenvalue weighted by molar-refractivity contribution is 7.71. The number of H-pyrrole nitrogens is 1. The van der Waals surface area contributed by atoms with Gasteiger partial charge in [-0.3, -0.25) is 9.78 Å². The number of rotatable bonds is 2. The van der Waals surface area contributed by atoms with E-state index in [9.17, 15) is 4.79 Å². The molecule has 15 heavy (non-hydrogen) atoms. The number of oxazole rings is 1. The molecule has 0 bridgehead atoms. The molecular formula is C9H9N3O2S. The van der Waals surface area contributed by atoms with Crippen LogP contribution < -0.4 is 5.56 Å². The molecule has 78 valence electrons. The Kier molecular flexibility index (Phi) is 2.51. The maximum Gasteiger partial charge on any atom is 0.251 e. The SMILES string of the molecule is Cc1cnc(Cn2ccc(=O)[nH]c2=S)o1. The Bertz CT molecular complexity index is 581. The van der Waals surface area contributed by atoms with E-state index < -0.39 is 0 Å². The first-order valence-electron chi connectivity index (χ1n) is 4.36. The minimum atomic E-state index is -0.208. The van der Waals surface area contributed by atoms with Gasteiger partial charge in [0, 0.05) is 12.3 Å². The molecule has 2 aromatic rings. The lowest BCUT2D eigenvalue weighted by molar-refractivity contribution is 0.454. The zero-order valence-electron chi connectivity index (χ0n) is 8.06. The minimum absolute atomic E-state index is 0.208. The molecule has 0 saturated carbocycles. The van der Waals surface area contributed by atoms with Crippen LogP contribution in [-0.4, -0.2) is 14.5 Å². The summed E-state index contributed by atoms with van der Waals surface area (Å²) in [6.45, 7) is 2.24. The zero-order chi connectivity index (χ0) is 10.8. The number of nitrogens with zero attached hydrogens (tertiary/aromatic N) is 2. The average Bonchev–Trinajstić information content (AvgIpc) is 2.56. The number of nitrogens with one attached hydrogen (secondary N) is 1. The molecule has 0 radical (unpaired) electrons. The molecule has 0 aliphatic heterocycles. The summed E-state index contributed by atoms with van der Waals surface area (Å²) >= 11 is 4.98. The van der Waals surface area contributed by atoms with Crippen molar-refractivity contribution in [2.24, 2.45) is 0 Å². The van der Waals surface area contributed by atoms with Crippen LogP contribution in [0.3, 0.4) is 0 Å². The second-order valence-electron chi connectivity index (χ2n) is 3.10. The van der Waals surface area contributed by atoms with Gasteiger partial charge in [0.15, 0.2) is 4.77 Å². The lowest BCUT2D eigenvalue weighted by Gasteiger charge is -2.01. The fourth-order valence-corrected chi connectivity index (χ4v) is 1.41. The second kappa shape index (κ2) is 3.82. The van der Waals surface area contributed by atoms with E-state index in [0.717, 1.165) is 5.76 Å². The van der Waals surface area contributed by atoms with Crippen LogP contribution in [0.5, 0.6) is 0 Å². The summed E-state index contributed by atoms with van der Waals surface area (Å²) in [6.07, 6.45) is 3.26. The maximum atomic E-state index is 10.9. The van der Waals surface area contributed by atoms with Gasteiger partial charge in [0.25, 0.3) is 5.56 Å². The van der Waals surface area contributed by atoms with Crippen LogP contribution >= 0.6 is 12.2 Å². The van der Waals surface area contributed by atoms with Crippen molar-refractivity contribution in [3.8, 4) is 0 Å². The monoisotopic (exact) mass is 223 g/mol. The molecular weight excluding hydrogens is 214 g/mol. The summed E-state index contributed by atoms with van der Waals surface area (Å²) in [5.41, 5.74) is -0.208. The number of aromatic amines is 1. The van der Waals surface area contributed by atoms with Gasteiger partial charge in [-0.2, -0.15) is 0 Å². The van der Waals surface area contributed by atoms with Crippen molar-refractivity contribution < 1.29 is 4.42 Å². The zero-order valence-corrected chi connectivity index (χ0v) is 8.87. The molecule has 6 heteroatoms. The van der Waals surface area contributed by atoms with Crippen LogP contribution in [0.4, 0.5) is 0 Å². The van der Waals surface area contributed by atoms with Gasteiger partial charge >= 0.3 is 0 Å². The van der Waals surface area contributed by atoms with Crippen molar-refractivity contribution in [2.45, 2.75) is 13.5 Å². The Morgan fingerprint density at radius 1 is 1.67 bits per heavy atom. The topological polar surface area (TPSA) is 63.8 Å². The van der Waals surface area contributed by atoms with E-state index in [4.69, 9.17) is 16.6 Å². The number of hydrogen-bond donors (Lipinski definition) is 1. The summed E-state index contributed by atoms with van der Waals surface area (Å²) in [7, 11) is 0. The summed E-state index contributed by atoms with van der Waals surface area (Å²) in [5, 5.41) is 0. The van der Waals surface area contributed by atoms with E-state index in [1.54, 1.807) is 17.0 Å². The standard InChI is InChI=1S/C9H9N3O2S/c1-6-4-10-8(14-6)5-12-3-2-7(13)11-9(12)15/h2-4H,5H2,1H3,(H,11,13,15). The third-order valence-corrected chi connectivity index (χ3v) is 2.21. The van der Waals surface area contributed by atoms with Gasteiger partial charge in [0.1, 0.15) is 12.3 Å². The van der Waals surface area contributed by atoms with Crippen molar-refractivity contribution in [2.75, 3.05) is 0 Å². The molecule has 5 nitrogen and oxygen atoms in total. The van der Waals surface area contributed by atoms with Crippen LogP contribution in [-0.2, 0) is 6.54 Å². The molecule has 0 fully saturated rings. The van der Waals surface area contributed by atoms with Gasteiger partial charge in [-0.15, -0.1) is 0 Å². The van der Waals surface area contributed by atoms with Crippen molar-refractivity contribution >= 4 is 12.2 Å². The molecule has 0 aliphatic carbocycles. The van der Waals surface area contributed by atoms with Crippen molar-refractivity contribution in [3.63, 3.8) is 0 Å². The predicted molar refractivity (Wildman–Crippen MR) is 56.2 cm³/mol. The molecule has 0 aromatic carbocycles. The van der Waals surface area contributed by atoms with Crippen LogP contribution in [0.15, 0.2) is 27.7 Å². The average molecular weight is 223 g/mol. The van der Waals surface area contributed by atoms with Crippen molar-refractivity contribution in [1.29, 1.82) is 0 Å². The highest BCUT2D eigenvalue weighted by Crippen LogP contribution is 2.03. The van der Waals surface area contributed by atoms with Gasteiger partial charge < -0.3 is 8.98 Å². The normalized spacial score (nSPS) is 10.5. The molecule has 0 aliphatic rings. The van der Waals surface area contributed by atoms with E-state index >= 15 is 0 Å². The van der Waals surface area contributed by atoms with Crippen LogP contribution in [0, 0.1) is 11.7 Å². The molecule has 0 unspecified atom stereocenters. The van der Waals surface area contributed by atoms with Crippen molar-refractivity contribution in [3.05, 3.63) is 45.2 Å². The minimum Gasteiger partial charge on any atom is -0.444 e. The van der Waals surface area contributed by atoms with E-state index in [2.05, 4.69) is 9.97 Å². The number of aryl methyl sites for hydroxylation is 1. The molecule has 0 spiro atoms. The summed E-state index contributed by atoms with van der Waals surface area (Å²) in [6, 6.07) is 1.41. The van der Waals surface area contributed by atoms with Gasteiger partial charge in [-0.05, 0) is 19.1 Å². The predicted octanol–water partition coefficient (Wildman–Crippen LogP) is 1.25. The quantitative estimate of drug-likeness (QED) is 0.778. The molecule has 2 aromatic heterocycles. The van der Waals surface area contributed by atoms with E-state index in [0.29, 0.717) is 17.2 Å². The summed E-state index contributed by atoms with van der Waals surface area (Å²) in [4.78, 5) is 17.5. The largest absolute Gasteiger partial charge is 0.444 e. The number of hydrogen-bond acceptors (Lipinski definition) is 4. The van der Waals surface area contributed by atoms with E-state index in [1.807, 2.05) is 6.92 Å². The van der Waals surface area contributed by atoms with Crippen LogP contribution in [0.2, 0.25) is 0 Å². The Morgan fingerprint density at radius 2 is 2.47 bits per heavy atom. The van der Waals surface area contributed by atoms with Crippen LogP contribution in [0.1, 0.15) is 11.7 Å². The highest BCUT2D eigenvalue weighted by atomic mass is 32.1. The van der Waals surface area contributed by atoms with Gasteiger partial charge in [0.05, 0.1) is 6.20 Å². The molecule has 0 saturated heterocycles. The molecule has 1 N–H and O–H groups in total. The second-order valence-corrected chi connectivity index (χ2v) is 3.49. The smallest absolute Gasteiger partial charge is 0.251 e. The fraction of sp³-hybridized carbons (Fsp3) is 0.222. The third kappa shape index (κ3) is 2.21.